The Balaban J connectivity index is 0.000000160. The Morgan fingerprint density at radius 3 is 2.62 bits per heavy atom. The van der Waals surface area contributed by atoms with Crippen LogP contribution in [0.25, 0.3) is 6.08 Å². The zero-order chi connectivity index (χ0) is 14.7. The number of nitrogen functional groups attached to an aromatic ring is 1. The van der Waals surface area contributed by atoms with Gasteiger partial charge in [0.15, 0.2) is 0 Å². The fraction of sp³-hybridized carbons (Fsp3) is 0.250. The van der Waals surface area contributed by atoms with Crippen LogP contribution in [0.3, 0.4) is 0 Å². The maximum Gasteiger partial charge on any atom is 0.130 e. The van der Waals surface area contributed by atoms with Crippen LogP contribution >= 0.6 is 11.6 Å². The summed E-state index contributed by atoms with van der Waals surface area (Å²) in [5, 5.41) is 0. The van der Waals surface area contributed by atoms with E-state index < -0.39 is 0 Å². The first kappa shape index (κ1) is 13.9. The summed E-state index contributed by atoms with van der Waals surface area (Å²) in [6, 6.07) is 10.7. The van der Waals surface area contributed by atoms with E-state index in [2.05, 4.69) is 51.4 Å². The van der Waals surface area contributed by atoms with Crippen molar-refractivity contribution in [2.24, 2.45) is 0 Å². The lowest BCUT2D eigenvalue weighted by Crippen LogP contribution is -2.24. The van der Waals surface area contributed by atoms with Gasteiger partial charge in [-0.1, -0.05) is 35.9 Å². The topological polar surface area (TPSA) is 55.0 Å². The molecule has 0 spiro atoms. The van der Waals surface area contributed by atoms with Crippen LogP contribution in [-0.2, 0) is 0 Å². The quantitative estimate of drug-likeness (QED) is 0.647. The molecule has 0 amide bonds. The molecule has 2 heterocycles. The average molecular weight is 301 g/mol. The van der Waals surface area contributed by atoms with Gasteiger partial charge in [-0.15, -0.1) is 0 Å². The fourth-order valence-corrected chi connectivity index (χ4v) is 2.69. The van der Waals surface area contributed by atoms with E-state index in [1.807, 2.05) is 0 Å². The number of benzene rings is 1. The van der Waals surface area contributed by atoms with Gasteiger partial charge in [0.1, 0.15) is 17.6 Å². The van der Waals surface area contributed by atoms with E-state index in [-0.39, 0.29) is 5.50 Å². The number of nitrogens with zero attached hydrogens (tertiary/aromatic N) is 3. The molecule has 1 aliphatic heterocycles. The summed E-state index contributed by atoms with van der Waals surface area (Å²) >= 11 is 6.42. The van der Waals surface area contributed by atoms with Crippen molar-refractivity contribution in [3.05, 3.63) is 60.2 Å². The van der Waals surface area contributed by atoms with Crippen LogP contribution in [0.2, 0.25) is 0 Å². The molecule has 1 fully saturated rings. The lowest BCUT2D eigenvalue weighted by atomic mass is 10.0. The SMILES string of the molecule is ClC1c2ccccc2C=CN1C1CC1.Nc1ccncn1. The highest BCUT2D eigenvalue weighted by Crippen LogP contribution is 2.40. The van der Waals surface area contributed by atoms with E-state index in [9.17, 15) is 0 Å². The molecule has 1 saturated carbocycles. The molecule has 4 rings (SSSR count). The van der Waals surface area contributed by atoms with Gasteiger partial charge in [-0.05, 0) is 36.1 Å². The molecule has 1 atom stereocenters. The number of fused-ring (bicyclic) bond motifs is 1. The van der Waals surface area contributed by atoms with E-state index in [0.717, 1.165) is 0 Å². The monoisotopic (exact) mass is 300 g/mol. The largest absolute Gasteiger partial charge is 0.384 e. The standard InChI is InChI=1S/C12H12ClN.C4H5N3/c13-12-11-4-2-1-3-9(11)7-8-14(12)10-5-6-10;5-4-1-2-6-3-7-4/h1-4,7-8,10,12H,5-6H2;1-3H,(H2,5,6,7). The maximum atomic E-state index is 6.42. The number of hydrogen-bond donors (Lipinski definition) is 1. The van der Waals surface area contributed by atoms with Crippen LogP contribution in [0.1, 0.15) is 29.5 Å². The molecular formula is C16H17ClN4. The summed E-state index contributed by atoms with van der Waals surface area (Å²) in [5.74, 6) is 0.509. The van der Waals surface area contributed by atoms with Crippen molar-refractivity contribution in [3.8, 4) is 0 Å². The van der Waals surface area contributed by atoms with Crippen molar-refractivity contribution in [1.82, 2.24) is 14.9 Å². The molecule has 2 N–H and O–H groups in total. The summed E-state index contributed by atoms with van der Waals surface area (Å²) in [6.07, 6.45) is 9.88. The predicted octanol–water partition coefficient (Wildman–Crippen LogP) is 3.43. The van der Waals surface area contributed by atoms with Gasteiger partial charge < -0.3 is 10.6 Å². The molecule has 1 aliphatic carbocycles. The highest BCUT2D eigenvalue weighted by molar-refractivity contribution is 6.21. The van der Waals surface area contributed by atoms with Gasteiger partial charge in [-0.2, -0.15) is 0 Å². The lowest BCUT2D eigenvalue weighted by Gasteiger charge is -2.30. The van der Waals surface area contributed by atoms with Crippen LogP contribution in [0, 0.1) is 0 Å². The molecule has 1 aromatic heterocycles. The Hall–Kier alpha value is -2.07. The highest BCUT2D eigenvalue weighted by atomic mass is 35.5. The first-order valence-corrected chi connectivity index (χ1v) is 7.39. The molecule has 1 unspecified atom stereocenters. The zero-order valence-corrected chi connectivity index (χ0v) is 12.3. The van der Waals surface area contributed by atoms with Gasteiger partial charge in [0.05, 0.1) is 0 Å². The molecule has 21 heavy (non-hydrogen) atoms. The molecule has 1 aromatic carbocycles. The van der Waals surface area contributed by atoms with E-state index in [1.54, 1.807) is 12.3 Å². The van der Waals surface area contributed by atoms with Crippen LogP contribution in [0.15, 0.2) is 49.1 Å². The van der Waals surface area contributed by atoms with Crippen LogP contribution in [0.4, 0.5) is 5.82 Å². The molecule has 0 radical (unpaired) electrons. The number of nitrogens with two attached hydrogens (primary N) is 1. The van der Waals surface area contributed by atoms with Crippen LogP contribution in [-0.4, -0.2) is 20.9 Å². The van der Waals surface area contributed by atoms with E-state index >= 15 is 0 Å². The highest BCUT2D eigenvalue weighted by Gasteiger charge is 2.33. The normalized spacial score (nSPS) is 19.5. The summed E-state index contributed by atoms with van der Waals surface area (Å²) in [6.45, 7) is 0. The van der Waals surface area contributed by atoms with Gasteiger partial charge >= 0.3 is 0 Å². The van der Waals surface area contributed by atoms with E-state index in [0.29, 0.717) is 11.9 Å². The second kappa shape index (κ2) is 6.14. The second-order valence-electron chi connectivity index (χ2n) is 5.09. The van der Waals surface area contributed by atoms with Gasteiger partial charge in [0.2, 0.25) is 0 Å². The number of aromatic nitrogens is 2. The molecule has 4 nitrogen and oxygen atoms in total. The Bertz CT molecular complexity index is 625. The number of hydrogen-bond acceptors (Lipinski definition) is 4. The predicted molar refractivity (Wildman–Crippen MR) is 85.4 cm³/mol. The van der Waals surface area contributed by atoms with Crippen molar-refractivity contribution < 1.29 is 0 Å². The summed E-state index contributed by atoms with van der Waals surface area (Å²) in [4.78, 5) is 9.57. The molecule has 108 valence electrons. The van der Waals surface area contributed by atoms with Crippen molar-refractivity contribution in [3.63, 3.8) is 0 Å². The summed E-state index contributed by atoms with van der Waals surface area (Å²) in [5.41, 5.74) is 7.73. The first-order chi connectivity index (χ1) is 10.3. The summed E-state index contributed by atoms with van der Waals surface area (Å²) in [7, 11) is 0. The zero-order valence-electron chi connectivity index (χ0n) is 11.6. The number of halogens is 1. The maximum absolute atomic E-state index is 6.42. The molecule has 2 aliphatic rings. The first-order valence-electron chi connectivity index (χ1n) is 6.96. The van der Waals surface area contributed by atoms with Gasteiger partial charge in [-0.3, -0.25) is 0 Å². The van der Waals surface area contributed by atoms with Crippen LogP contribution in [0.5, 0.6) is 0 Å². The van der Waals surface area contributed by atoms with E-state index in [4.69, 9.17) is 17.3 Å². The Kier molecular flexibility index (Phi) is 4.06. The van der Waals surface area contributed by atoms with Crippen molar-refractivity contribution in [2.75, 3.05) is 5.73 Å². The third-order valence-electron chi connectivity index (χ3n) is 3.51. The third-order valence-corrected chi connectivity index (χ3v) is 3.97. The number of anilines is 1. The number of rotatable bonds is 1. The third kappa shape index (κ3) is 3.34. The molecule has 2 aromatic rings. The Morgan fingerprint density at radius 1 is 1.19 bits per heavy atom. The summed E-state index contributed by atoms with van der Waals surface area (Å²) < 4.78 is 0. The van der Waals surface area contributed by atoms with Crippen molar-refractivity contribution >= 4 is 23.5 Å². The van der Waals surface area contributed by atoms with Crippen molar-refractivity contribution in [2.45, 2.75) is 24.4 Å². The number of alkyl halides is 1. The lowest BCUT2D eigenvalue weighted by molar-refractivity contribution is 0.341. The Labute approximate surface area is 129 Å². The van der Waals surface area contributed by atoms with Gasteiger partial charge in [0.25, 0.3) is 0 Å². The Morgan fingerprint density at radius 2 is 2.00 bits per heavy atom. The van der Waals surface area contributed by atoms with E-state index in [1.165, 1.54) is 30.3 Å². The van der Waals surface area contributed by atoms with Crippen molar-refractivity contribution in [1.29, 1.82) is 0 Å². The minimum Gasteiger partial charge on any atom is -0.384 e. The minimum atomic E-state index is 0.0312. The molecule has 5 heteroatoms. The van der Waals surface area contributed by atoms with Gasteiger partial charge in [0, 0.05) is 18.4 Å². The molecular weight excluding hydrogens is 284 g/mol. The minimum absolute atomic E-state index is 0.0312. The second-order valence-corrected chi connectivity index (χ2v) is 5.51. The smallest absolute Gasteiger partial charge is 0.130 e. The van der Waals surface area contributed by atoms with Crippen LogP contribution < -0.4 is 5.73 Å². The fourth-order valence-electron chi connectivity index (χ4n) is 2.26. The van der Waals surface area contributed by atoms with Gasteiger partial charge in [-0.25, -0.2) is 9.97 Å². The average Bonchev–Trinajstić information content (AvgIpc) is 3.34. The molecule has 0 saturated heterocycles. The molecule has 0 bridgehead atoms.